The van der Waals surface area contributed by atoms with Crippen molar-refractivity contribution in [2.45, 2.75) is 19.9 Å². The van der Waals surface area contributed by atoms with Gasteiger partial charge in [0.1, 0.15) is 11.9 Å². The van der Waals surface area contributed by atoms with E-state index in [4.69, 9.17) is 5.73 Å². The lowest BCUT2D eigenvalue weighted by Gasteiger charge is -2.10. The summed E-state index contributed by atoms with van der Waals surface area (Å²) in [4.78, 5) is 24.9. The Morgan fingerprint density at radius 2 is 2.31 bits per heavy atom. The second-order valence-corrected chi connectivity index (χ2v) is 3.38. The van der Waals surface area contributed by atoms with E-state index in [9.17, 15) is 14.9 Å². The standard InChI is InChI=1S/C9H12N4O3/c1-5-4-11-8(3-7(5)13(15)16)12-6(2)9(10)14/h3-4,6H,1-2H3,(H2,10,14)(H,11,12). The Morgan fingerprint density at radius 1 is 1.69 bits per heavy atom. The molecule has 1 heterocycles. The first-order chi connectivity index (χ1) is 7.41. The number of carbonyl (C=O) groups excluding carboxylic acids is 1. The van der Waals surface area contributed by atoms with Crippen molar-refractivity contribution in [2.75, 3.05) is 5.32 Å². The van der Waals surface area contributed by atoms with Gasteiger partial charge in [0.05, 0.1) is 11.0 Å². The Labute approximate surface area is 91.8 Å². The van der Waals surface area contributed by atoms with E-state index in [1.807, 2.05) is 0 Å². The molecule has 0 saturated carbocycles. The number of nitrogens with two attached hydrogens (primary N) is 1. The first-order valence-electron chi connectivity index (χ1n) is 4.58. The number of anilines is 1. The van der Waals surface area contributed by atoms with E-state index < -0.39 is 16.9 Å². The molecule has 0 aliphatic carbocycles. The van der Waals surface area contributed by atoms with Gasteiger partial charge in [-0.3, -0.25) is 14.9 Å². The molecular formula is C9H12N4O3. The van der Waals surface area contributed by atoms with E-state index in [0.717, 1.165) is 0 Å². The average molecular weight is 224 g/mol. The van der Waals surface area contributed by atoms with Gasteiger partial charge < -0.3 is 11.1 Å². The summed E-state index contributed by atoms with van der Waals surface area (Å²) in [6.45, 7) is 3.14. The molecule has 0 spiro atoms. The van der Waals surface area contributed by atoms with Gasteiger partial charge in [-0.05, 0) is 13.8 Å². The van der Waals surface area contributed by atoms with Crippen molar-refractivity contribution in [3.8, 4) is 0 Å². The molecule has 7 nitrogen and oxygen atoms in total. The topological polar surface area (TPSA) is 111 Å². The molecule has 86 valence electrons. The van der Waals surface area contributed by atoms with Crippen LogP contribution in [0.15, 0.2) is 12.3 Å². The summed E-state index contributed by atoms with van der Waals surface area (Å²) >= 11 is 0. The average Bonchev–Trinajstić information content (AvgIpc) is 2.20. The van der Waals surface area contributed by atoms with Gasteiger partial charge in [-0.15, -0.1) is 0 Å². The van der Waals surface area contributed by atoms with E-state index in [-0.39, 0.29) is 11.5 Å². The van der Waals surface area contributed by atoms with Crippen LogP contribution in [-0.4, -0.2) is 21.9 Å². The first kappa shape index (κ1) is 11.9. The van der Waals surface area contributed by atoms with Crippen LogP contribution >= 0.6 is 0 Å². The number of amides is 1. The zero-order chi connectivity index (χ0) is 12.3. The number of carbonyl (C=O) groups is 1. The van der Waals surface area contributed by atoms with Crippen LogP contribution in [0.3, 0.4) is 0 Å². The lowest BCUT2D eigenvalue weighted by Crippen LogP contribution is -2.32. The summed E-state index contributed by atoms with van der Waals surface area (Å²) in [5.74, 6) is -0.298. The van der Waals surface area contributed by atoms with E-state index in [0.29, 0.717) is 5.56 Å². The number of rotatable bonds is 4. The van der Waals surface area contributed by atoms with Crippen LogP contribution < -0.4 is 11.1 Å². The van der Waals surface area contributed by atoms with Gasteiger partial charge in [0.25, 0.3) is 5.69 Å². The third-order valence-electron chi connectivity index (χ3n) is 2.06. The van der Waals surface area contributed by atoms with Gasteiger partial charge in [0.2, 0.25) is 5.91 Å². The van der Waals surface area contributed by atoms with Crippen LogP contribution in [0.1, 0.15) is 12.5 Å². The number of hydrogen-bond acceptors (Lipinski definition) is 5. The number of aromatic nitrogens is 1. The predicted octanol–water partition coefficient (Wildman–Crippen LogP) is 0.584. The van der Waals surface area contributed by atoms with Gasteiger partial charge in [-0.2, -0.15) is 0 Å². The molecular weight excluding hydrogens is 212 g/mol. The van der Waals surface area contributed by atoms with E-state index in [2.05, 4.69) is 10.3 Å². The van der Waals surface area contributed by atoms with Crippen molar-refractivity contribution in [2.24, 2.45) is 5.73 Å². The van der Waals surface area contributed by atoms with Crippen LogP contribution in [0.25, 0.3) is 0 Å². The molecule has 0 bridgehead atoms. The van der Waals surface area contributed by atoms with Gasteiger partial charge in [0.15, 0.2) is 0 Å². The molecule has 0 aliphatic rings. The summed E-state index contributed by atoms with van der Waals surface area (Å²) in [5, 5.41) is 13.3. The van der Waals surface area contributed by atoms with Crippen LogP contribution in [0, 0.1) is 17.0 Å². The molecule has 0 saturated heterocycles. The molecule has 0 aromatic carbocycles. The van der Waals surface area contributed by atoms with Crippen LogP contribution in [-0.2, 0) is 4.79 Å². The Hall–Kier alpha value is -2.18. The fraction of sp³-hybridized carbons (Fsp3) is 0.333. The Balaban J connectivity index is 2.95. The highest BCUT2D eigenvalue weighted by Gasteiger charge is 2.14. The highest BCUT2D eigenvalue weighted by molar-refractivity contribution is 5.82. The predicted molar refractivity (Wildman–Crippen MR) is 57.9 cm³/mol. The van der Waals surface area contributed by atoms with Crippen molar-refractivity contribution in [3.05, 3.63) is 27.9 Å². The molecule has 1 aromatic rings. The minimum absolute atomic E-state index is 0.0471. The number of hydrogen-bond donors (Lipinski definition) is 2. The molecule has 1 aromatic heterocycles. The van der Waals surface area contributed by atoms with Gasteiger partial charge >= 0.3 is 0 Å². The highest BCUT2D eigenvalue weighted by atomic mass is 16.6. The smallest absolute Gasteiger partial charge is 0.277 e. The highest BCUT2D eigenvalue weighted by Crippen LogP contribution is 2.20. The summed E-state index contributed by atoms with van der Waals surface area (Å²) in [7, 11) is 0. The summed E-state index contributed by atoms with van der Waals surface area (Å²) < 4.78 is 0. The maximum Gasteiger partial charge on any atom is 0.277 e. The number of pyridine rings is 1. The van der Waals surface area contributed by atoms with E-state index in [1.165, 1.54) is 12.3 Å². The number of nitrogens with one attached hydrogen (secondary N) is 1. The minimum Gasteiger partial charge on any atom is -0.368 e. The maximum atomic E-state index is 10.8. The molecule has 1 rings (SSSR count). The molecule has 3 N–H and O–H groups in total. The van der Waals surface area contributed by atoms with Crippen LogP contribution in [0.5, 0.6) is 0 Å². The summed E-state index contributed by atoms with van der Waals surface area (Å²) in [5.41, 5.74) is 5.46. The van der Waals surface area contributed by atoms with Crippen molar-refractivity contribution < 1.29 is 9.72 Å². The van der Waals surface area contributed by atoms with Gasteiger partial charge in [0, 0.05) is 11.8 Å². The van der Waals surface area contributed by atoms with Crippen molar-refractivity contribution in [3.63, 3.8) is 0 Å². The lowest BCUT2D eigenvalue weighted by atomic mass is 10.2. The number of aryl methyl sites for hydroxylation is 1. The number of nitrogens with zero attached hydrogens (tertiary/aromatic N) is 2. The fourth-order valence-corrected chi connectivity index (χ4v) is 1.08. The second-order valence-electron chi connectivity index (χ2n) is 3.38. The number of primary amides is 1. The molecule has 1 atom stereocenters. The monoisotopic (exact) mass is 224 g/mol. The zero-order valence-corrected chi connectivity index (χ0v) is 8.93. The number of nitro groups is 1. The van der Waals surface area contributed by atoms with Crippen molar-refractivity contribution >= 4 is 17.4 Å². The SMILES string of the molecule is Cc1cnc(NC(C)C(N)=O)cc1[N+](=O)[O-]. The fourth-order valence-electron chi connectivity index (χ4n) is 1.08. The lowest BCUT2D eigenvalue weighted by molar-refractivity contribution is -0.385. The van der Waals surface area contributed by atoms with Crippen molar-refractivity contribution in [1.29, 1.82) is 0 Å². The van der Waals surface area contributed by atoms with Crippen molar-refractivity contribution in [1.82, 2.24) is 4.98 Å². The third-order valence-corrected chi connectivity index (χ3v) is 2.06. The molecule has 0 aliphatic heterocycles. The Morgan fingerprint density at radius 3 is 2.81 bits per heavy atom. The van der Waals surface area contributed by atoms with Crippen LogP contribution in [0.4, 0.5) is 11.5 Å². The van der Waals surface area contributed by atoms with Crippen LogP contribution in [0.2, 0.25) is 0 Å². The minimum atomic E-state index is -0.630. The Bertz CT molecular complexity index is 433. The quantitative estimate of drug-likeness (QED) is 0.574. The second kappa shape index (κ2) is 4.56. The summed E-state index contributed by atoms with van der Waals surface area (Å²) in [6, 6.07) is 0.643. The Kier molecular flexibility index (Phi) is 3.39. The first-order valence-corrected chi connectivity index (χ1v) is 4.58. The normalized spacial score (nSPS) is 11.9. The maximum absolute atomic E-state index is 10.8. The van der Waals surface area contributed by atoms with E-state index in [1.54, 1.807) is 13.8 Å². The molecule has 16 heavy (non-hydrogen) atoms. The summed E-state index contributed by atoms with van der Waals surface area (Å²) in [6.07, 6.45) is 1.37. The van der Waals surface area contributed by atoms with Gasteiger partial charge in [-0.25, -0.2) is 4.98 Å². The van der Waals surface area contributed by atoms with E-state index >= 15 is 0 Å². The van der Waals surface area contributed by atoms with Gasteiger partial charge in [-0.1, -0.05) is 0 Å². The third kappa shape index (κ3) is 2.66. The molecule has 1 amide bonds. The largest absolute Gasteiger partial charge is 0.368 e. The molecule has 7 heteroatoms. The zero-order valence-electron chi connectivity index (χ0n) is 8.93. The molecule has 1 unspecified atom stereocenters. The molecule has 0 radical (unpaired) electrons. The molecule has 0 fully saturated rings.